The number of amides is 1. The first-order chi connectivity index (χ1) is 17.4. The van der Waals surface area contributed by atoms with Gasteiger partial charge in [0, 0.05) is 48.5 Å². The Kier molecular flexibility index (Phi) is 6.59. The smallest absolute Gasteiger partial charge is 0.273 e. The highest BCUT2D eigenvalue weighted by molar-refractivity contribution is 5.94. The molecule has 0 radical (unpaired) electrons. The van der Waals surface area contributed by atoms with E-state index in [2.05, 4.69) is 30.7 Å². The number of fused-ring (bicyclic) bond motifs is 1. The van der Waals surface area contributed by atoms with Crippen molar-refractivity contribution in [3.8, 4) is 11.4 Å². The Labute approximate surface area is 203 Å². The highest BCUT2D eigenvalue weighted by Gasteiger charge is 2.26. The molecule has 1 aliphatic rings. The Hall–Kier alpha value is -3.93. The molecule has 0 spiro atoms. The summed E-state index contributed by atoms with van der Waals surface area (Å²) in [4.78, 5) is 23.6. The Morgan fingerprint density at radius 1 is 1.19 bits per heavy atom. The zero-order valence-electron chi connectivity index (χ0n) is 19.3. The molecule has 1 aliphatic carbocycles. The normalized spacial score (nSPS) is 17.9. The van der Waals surface area contributed by atoms with Gasteiger partial charge in [-0.05, 0) is 31.7 Å². The van der Waals surface area contributed by atoms with Gasteiger partial charge in [0.2, 0.25) is 0 Å². The van der Waals surface area contributed by atoms with Crippen molar-refractivity contribution in [1.82, 2.24) is 25.4 Å². The van der Waals surface area contributed by atoms with E-state index in [1.807, 2.05) is 0 Å². The second kappa shape index (κ2) is 9.97. The van der Waals surface area contributed by atoms with Crippen molar-refractivity contribution in [3.05, 3.63) is 59.5 Å². The Balaban J connectivity index is 1.29. The number of nitrogens with one attached hydrogen (secondary N) is 3. The molecule has 5 rings (SSSR count). The number of methoxy groups -OCH3 is 1. The number of aromatic amines is 1. The van der Waals surface area contributed by atoms with Crippen molar-refractivity contribution < 1.29 is 27.2 Å². The van der Waals surface area contributed by atoms with E-state index in [9.17, 15) is 18.0 Å². The number of carbonyl (C=O) groups excluding carboxylic acids is 1. The zero-order chi connectivity index (χ0) is 25.2. The standard InChI is InChI=1S/C24H23F3N6O3/c1-35-11-15-8-20(33-36-15)24(34)31-14-4-2-3-13(7-14)30-23-19(27)10-29-22(32-23)17-9-28-21-16(17)5-12(25)6-18(21)26/h5-6,8-10,13-14,28H,2-4,7,11H2,1H3,(H,31,34)(H,29,30,32)/t13-,14+/m0/s1. The van der Waals surface area contributed by atoms with E-state index in [4.69, 9.17) is 9.26 Å². The second-order valence-electron chi connectivity index (χ2n) is 8.69. The van der Waals surface area contributed by atoms with E-state index in [0.717, 1.165) is 31.5 Å². The summed E-state index contributed by atoms with van der Waals surface area (Å²) in [6.45, 7) is 0.213. The van der Waals surface area contributed by atoms with Gasteiger partial charge in [-0.15, -0.1) is 0 Å². The summed E-state index contributed by atoms with van der Waals surface area (Å²) in [6, 6.07) is 3.15. The third-order valence-corrected chi connectivity index (χ3v) is 6.12. The first kappa shape index (κ1) is 23.8. The van der Waals surface area contributed by atoms with Gasteiger partial charge in [-0.3, -0.25) is 4.79 Å². The summed E-state index contributed by atoms with van der Waals surface area (Å²) in [5, 5.41) is 10.1. The molecule has 188 valence electrons. The molecule has 0 bridgehead atoms. The van der Waals surface area contributed by atoms with Crippen LogP contribution < -0.4 is 10.6 Å². The molecule has 3 heterocycles. The number of H-pyrrole nitrogens is 1. The molecule has 9 nitrogen and oxygen atoms in total. The third kappa shape index (κ3) is 4.89. The number of anilines is 1. The Bertz CT molecular complexity index is 1410. The number of benzene rings is 1. The van der Waals surface area contributed by atoms with Gasteiger partial charge in [-0.2, -0.15) is 0 Å². The van der Waals surface area contributed by atoms with Crippen LogP contribution in [0.25, 0.3) is 22.3 Å². The van der Waals surface area contributed by atoms with E-state index in [1.54, 1.807) is 0 Å². The monoisotopic (exact) mass is 500 g/mol. The van der Waals surface area contributed by atoms with Crippen LogP contribution in [0, 0.1) is 17.5 Å². The van der Waals surface area contributed by atoms with Crippen molar-refractivity contribution in [2.75, 3.05) is 12.4 Å². The van der Waals surface area contributed by atoms with Crippen LogP contribution in [0.5, 0.6) is 0 Å². The average Bonchev–Trinajstić information content (AvgIpc) is 3.49. The van der Waals surface area contributed by atoms with Crippen LogP contribution in [0.2, 0.25) is 0 Å². The maximum Gasteiger partial charge on any atom is 0.273 e. The van der Waals surface area contributed by atoms with Gasteiger partial charge in [0.15, 0.2) is 28.9 Å². The third-order valence-electron chi connectivity index (χ3n) is 6.12. The number of halogens is 3. The zero-order valence-corrected chi connectivity index (χ0v) is 19.3. The van der Waals surface area contributed by atoms with Gasteiger partial charge in [0.05, 0.1) is 11.7 Å². The van der Waals surface area contributed by atoms with Crippen molar-refractivity contribution in [3.63, 3.8) is 0 Å². The molecule has 4 aromatic rings. The molecule has 1 fully saturated rings. The van der Waals surface area contributed by atoms with E-state index in [1.165, 1.54) is 25.4 Å². The highest BCUT2D eigenvalue weighted by Crippen LogP contribution is 2.30. The van der Waals surface area contributed by atoms with E-state index < -0.39 is 17.5 Å². The molecule has 0 saturated heterocycles. The summed E-state index contributed by atoms with van der Waals surface area (Å²) in [5.41, 5.74) is 0.622. The van der Waals surface area contributed by atoms with Crippen molar-refractivity contribution in [1.29, 1.82) is 0 Å². The molecule has 0 unspecified atom stereocenters. The summed E-state index contributed by atoms with van der Waals surface area (Å²) < 4.78 is 52.5. The number of aromatic nitrogens is 4. The molecule has 1 saturated carbocycles. The summed E-state index contributed by atoms with van der Waals surface area (Å²) >= 11 is 0. The molecule has 3 aromatic heterocycles. The van der Waals surface area contributed by atoms with Gasteiger partial charge in [0.1, 0.15) is 18.2 Å². The Morgan fingerprint density at radius 3 is 2.86 bits per heavy atom. The van der Waals surface area contributed by atoms with E-state index >= 15 is 0 Å². The first-order valence-corrected chi connectivity index (χ1v) is 11.4. The lowest BCUT2D eigenvalue weighted by molar-refractivity contribution is 0.0916. The van der Waals surface area contributed by atoms with Crippen LogP contribution in [0.1, 0.15) is 41.9 Å². The van der Waals surface area contributed by atoms with E-state index in [-0.39, 0.29) is 52.8 Å². The minimum atomic E-state index is -0.743. The number of rotatable bonds is 7. The highest BCUT2D eigenvalue weighted by atomic mass is 19.1. The maximum atomic E-state index is 14.6. The molecule has 3 N–H and O–H groups in total. The molecule has 0 aliphatic heterocycles. The van der Waals surface area contributed by atoms with Crippen LogP contribution in [-0.2, 0) is 11.3 Å². The van der Waals surface area contributed by atoms with Crippen LogP contribution in [0.4, 0.5) is 19.0 Å². The van der Waals surface area contributed by atoms with Gasteiger partial charge in [-0.1, -0.05) is 5.16 Å². The molecule has 2 atom stereocenters. The molecule has 1 aromatic carbocycles. The lowest BCUT2D eigenvalue weighted by Crippen LogP contribution is -2.42. The summed E-state index contributed by atoms with van der Waals surface area (Å²) in [7, 11) is 1.51. The molecule has 1 amide bonds. The fourth-order valence-electron chi connectivity index (χ4n) is 4.47. The summed E-state index contributed by atoms with van der Waals surface area (Å²) in [6.07, 6.45) is 5.32. The van der Waals surface area contributed by atoms with Crippen LogP contribution in [0.3, 0.4) is 0 Å². The fraction of sp³-hybridized carbons (Fsp3) is 0.333. The summed E-state index contributed by atoms with van der Waals surface area (Å²) in [5.74, 6) is -1.96. The van der Waals surface area contributed by atoms with Gasteiger partial charge < -0.3 is 24.9 Å². The lowest BCUT2D eigenvalue weighted by atomic mass is 9.91. The quantitative estimate of drug-likeness (QED) is 0.346. The minimum absolute atomic E-state index is 0.0242. The second-order valence-corrected chi connectivity index (χ2v) is 8.69. The molecule has 36 heavy (non-hydrogen) atoms. The number of ether oxygens (including phenoxy) is 1. The van der Waals surface area contributed by atoms with E-state index in [0.29, 0.717) is 17.7 Å². The molecule has 12 heteroatoms. The number of carbonyl (C=O) groups is 1. The van der Waals surface area contributed by atoms with Crippen LogP contribution in [0.15, 0.2) is 35.1 Å². The van der Waals surface area contributed by atoms with Gasteiger partial charge in [-0.25, -0.2) is 23.1 Å². The van der Waals surface area contributed by atoms with Gasteiger partial charge in [0.25, 0.3) is 5.91 Å². The van der Waals surface area contributed by atoms with Crippen LogP contribution >= 0.6 is 0 Å². The first-order valence-electron chi connectivity index (χ1n) is 11.4. The average molecular weight is 500 g/mol. The van der Waals surface area contributed by atoms with Crippen molar-refractivity contribution in [2.24, 2.45) is 0 Å². The number of nitrogens with zero attached hydrogens (tertiary/aromatic N) is 3. The van der Waals surface area contributed by atoms with Crippen molar-refractivity contribution in [2.45, 2.75) is 44.4 Å². The number of hydrogen-bond donors (Lipinski definition) is 3. The molecular formula is C24H23F3N6O3. The fourth-order valence-corrected chi connectivity index (χ4v) is 4.47. The maximum absolute atomic E-state index is 14.6. The number of hydrogen-bond acceptors (Lipinski definition) is 7. The minimum Gasteiger partial charge on any atom is -0.377 e. The SMILES string of the molecule is COCc1cc(C(=O)N[C@@H]2CCC[C@H](Nc3nc(-c4c[nH]c5c(F)cc(F)cc45)ncc3F)C2)no1. The van der Waals surface area contributed by atoms with Crippen molar-refractivity contribution >= 4 is 22.6 Å². The predicted molar refractivity (Wildman–Crippen MR) is 124 cm³/mol. The Morgan fingerprint density at radius 2 is 2.03 bits per heavy atom. The van der Waals surface area contributed by atoms with Crippen LogP contribution in [-0.4, -0.2) is 45.2 Å². The largest absolute Gasteiger partial charge is 0.377 e. The topological polar surface area (TPSA) is 118 Å². The van der Waals surface area contributed by atoms with Gasteiger partial charge >= 0.3 is 0 Å². The predicted octanol–water partition coefficient (Wildman–Crippen LogP) is 4.33. The lowest BCUT2D eigenvalue weighted by Gasteiger charge is -2.30. The molecular weight excluding hydrogens is 477 g/mol.